The molecule has 0 spiro atoms. The average Bonchev–Trinajstić information content (AvgIpc) is 2.51. The Balaban J connectivity index is 5.49. The average molecular weight is 350 g/mol. The standard InChI is InChI=1S/C14H22O10/c1-3-5-9(17)23-14(22,24-10(18)6-4-2)13(21)12(20)11(19)8(16)7-15/h3-6,8,11-13,15-16,19-22H,7H2,1-2H3/b5-3+,6-4+/t8-,11+,12+,13+/m0/s1. The molecule has 24 heavy (non-hydrogen) atoms. The van der Waals surface area contributed by atoms with E-state index in [-0.39, 0.29) is 0 Å². The van der Waals surface area contributed by atoms with E-state index in [1.807, 2.05) is 0 Å². The van der Waals surface area contributed by atoms with Gasteiger partial charge in [-0.05, 0) is 13.8 Å². The van der Waals surface area contributed by atoms with Gasteiger partial charge in [-0.25, -0.2) is 9.59 Å². The van der Waals surface area contributed by atoms with Gasteiger partial charge < -0.3 is 40.1 Å². The highest BCUT2D eigenvalue weighted by atomic mass is 16.8. The molecule has 0 heterocycles. The van der Waals surface area contributed by atoms with Crippen molar-refractivity contribution in [1.82, 2.24) is 0 Å². The lowest BCUT2D eigenvalue weighted by atomic mass is 10.0. The lowest BCUT2D eigenvalue weighted by Crippen LogP contribution is -2.59. The molecule has 6 N–H and O–H groups in total. The van der Waals surface area contributed by atoms with Gasteiger partial charge in [0, 0.05) is 12.2 Å². The first kappa shape index (κ1) is 22.2. The van der Waals surface area contributed by atoms with E-state index in [4.69, 9.17) is 5.11 Å². The van der Waals surface area contributed by atoms with E-state index in [0.717, 1.165) is 12.2 Å². The Labute approximate surface area is 137 Å². The second kappa shape index (κ2) is 10.1. The number of rotatable bonds is 9. The quantitative estimate of drug-likeness (QED) is 0.146. The van der Waals surface area contributed by atoms with E-state index in [9.17, 15) is 35.1 Å². The number of hydrogen-bond donors (Lipinski definition) is 6. The number of allylic oxidation sites excluding steroid dienone is 2. The van der Waals surface area contributed by atoms with Crippen molar-refractivity contribution in [1.29, 1.82) is 0 Å². The highest BCUT2D eigenvalue weighted by Gasteiger charge is 2.50. The van der Waals surface area contributed by atoms with Gasteiger partial charge in [-0.1, -0.05) is 12.2 Å². The first-order valence-corrected chi connectivity index (χ1v) is 6.89. The lowest BCUT2D eigenvalue weighted by Gasteiger charge is -2.34. The van der Waals surface area contributed by atoms with Crippen LogP contribution < -0.4 is 0 Å². The molecule has 0 aromatic rings. The molecule has 0 rings (SSSR count). The van der Waals surface area contributed by atoms with Crippen molar-refractivity contribution in [2.45, 2.75) is 44.2 Å². The molecule has 0 amide bonds. The first-order valence-electron chi connectivity index (χ1n) is 6.89. The summed E-state index contributed by atoms with van der Waals surface area (Å²) in [4.78, 5) is 22.9. The number of ether oxygens (including phenoxy) is 2. The van der Waals surface area contributed by atoms with E-state index in [1.165, 1.54) is 26.0 Å². The molecule has 0 fully saturated rings. The van der Waals surface area contributed by atoms with Crippen molar-refractivity contribution in [2.24, 2.45) is 0 Å². The fraction of sp³-hybridized carbons (Fsp3) is 0.571. The summed E-state index contributed by atoms with van der Waals surface area (Å²) in [5.74, 6) is -5.81. The monoisotopic (exact) mass is 350 g/mol. The predicted octanol–water partition coefficient (Wildman–Crippen LogP) is -2.69. The SMILES string of the molecule is C/C=C/C(=O)OC(O)(OC(=O)/C=C/C)[C@H](O)[C@H](O)[C@H](O)[C@@H](O)CO. The van der Waals surface area contributed by atoms with Crippen LogP contribution in [0.1, 0.15) is 13.8 Å². The maximum atomic E-state index is 11.5. The number of carbonyl (C=O) groups excluding carboxylic acids is 2. The zero-order valence-electron chi connectivity index (χ0n) is 13.1. The van der Waals surface area contributed by atoms with Crippen LogP contribution in [0.5, 0.6) is 0 Å². The normalized spacial score (nSPS) is 17.5. The van der Waals surface area contributed by atoms with Gasteiger partial charge in [-0.15, -0.1) is 0 Å². The largest absolute Gasteiger partial charge is 0.404 e. The Morgan fingerprint density at radius 3 is 1.71 bits per heavy atom. The highest BCUT2D eigenvalue weighted by molar-refractivity contribution is 5.83. The van der Waals surface area contributed by atoms with Crippen molar-refractivity contribution in [3.8, 4) is 0 Å². The van der Waals surface area contributed by atoms with Crippen molar-refractivity contribution < 1.29 is 49.7 Å². The predicted molar refractivity (Wildman–Crippen MR) is 77.9 cm³/mol. The van der Waals surface area contributed by atoms with Gasteiger partial charge in [0.2, 0.25) is 0 Å². The topological polar surface area (TPSA) is 174 Å². The minimum atomic E-state index is -3.36. The van der Waals surface area contributed by atoms with E-state index < -0.39 is 48.9 Å². The third kappa shape index (κ3) is 6.35. The van der Waals surface area contributed by atoms with Gasteiger partial charge in [-0.3, -0.25) is 0 Å². The Kier molecular flexibility index (Phi) is 9.36. The number of esters is 2. The van der Waals surface area contributed by atoms with Crippen LogP contribution in [0.4, 0.5) is 0 Å². The molecular formula is C14H22O10. The van der Waals surface area contributed by atoms with Crippen molar-refractivity contribution in [2.75, 3.05) is 6.61 Å². The minimum Gasteiger partial charge on any atom is -0.394 e. The van der Waals surface area contributed by atoms with Crippen LogP contribution in [-0.4, -0.2) is 79.6 Å². The third-order valence-corrected chi connectivity index (χ3v) is 2.73. The van der Waals surface area contributed by atoms with Gasteiger partial charge in [-0.2, -0.15) is 0 Å². The molecule has 0 bridgehead atoms. The molecule has 0 aliphatic carbocycles. The summed E-state index contributed by atoms with van der Waals surface area (Å²) in [6.07, 6.45) is -4.81. The van der Waals surface area contributed by atoms with Crippen molar-refractivity contribution in [3.63, 3.8) is 0 Å². The van der Waals surface area contributed by atoms with Crippen LogP contribution in [0.15, 0.2) is 24.3 Å². The molecule has 10 heteroatoms. The fourth-order valence-electron chi connectivity index (χ4n) is 1.51. The summed E-state index contributed by atoms with van der Waals surface area (Å²) in [5.41, 5.74) is 0. The maximum absolute atomic E-state index is 11.5. The van der Waals surface area contributed by atoms with Gasteiger partial charge in [0.1, 0.15) is 18.3 Å². The molecule has 0 aliphatic heterocycles. The second-order valence-electron chi connectivity index (χ2n) is 4.65. The van der Waals surface area contributed by atoms with Crippen LogP contribution in [-0.2, 0) is 19.1 Å². The summed E-state index contributed by atoms with van der Waals surface area (Å²) in [6.45, 7) is 1.91. The van der Waals surface area contributed by atoms with Gasteiger partial charge in [0.05, 0.1) is 6.61 Å². The lowest BCUT2D eigenvalue weighted by molar-refractivity contribution is -0.372. The molecule has 0 unspecified atom stereocenters. The number of aliphatic hydroxyl groups excluding tert-OH is 5. The van der Waals surface area contributed by atoms with Gasteiger partial charge in [0.15, 0.2) is 6.10 Å². The fourth-order valence-corrected chi connectivity index (χ4v) is 1.51. The summed E-state index contributed by atoms with van der Waals surface area (Å²) >= 11 is 0. The van der Waals surface area contributed by atoms with Crippen LogP contribution in [0.2, 0.25) is 0 Å². The van der Waals surface area contributed by atoms with Crippen molar-refractivity contribution >= 4 is 11.9 Å². The third-order valence-electron chi connectivity index (χ3n) is 2.73. The number of hydrogen-bond acceptors (Lipinski definition) is 10. The molecule has 0 saturated carbocycles. The van der Waals surface area contributed by atoms with E-state index in [1.54, 1.807) is 0 Å². The smallest absolute Gasteiger partial charge is 0.394 e. The van der Waals surface area contributed by atoms with Crippen LogP contribution >= 0.6 is 0 Å². The van der Waals surface area contributed by atoms with Gasteiger partial charge >= 0.3 is 17.9 Å². The van der Waals surface area contributed by atoms with Crippen LogP contribution in [0, 0.1) is 0 Å². The first-order chi connectivity index (χ1) is 11.1. The molecule has 0 aromatic heterocycles. The van der Waals surface area contributed by atoms with Crippen molar-refractivity contribution in [3.05, 3.63) is 24.3 Å². The van der Waals surface area contributed by atoms with E-state index in [0.29, 0.717) is 0 Å². The van der Waals surface area contributed by atoms with E-state index in [2.05, 4.69) is 9.47 Å². The van der Waals surface area contributed by atoms with Crippen LogP contribution in [0.3, 0.4) is 0 Å². The minimum absolute atomic E-state index is 0.826. The Morgan fingerprint density at radius 1 is 0.958 bits per heavy atom. The highest BCUT2D eigenvalue weighted by Crippen LogP contribution is 2.22. The molecule has 0 radical (unpaired) electrons. The molecule has 4 atom stereocenters. The summed E-state index contributed by atoms with van der Waals surface area (Å²) in [6, 6.07) is 0. The summed E-state index contributed by atoms with van der Waals surface area (Å²) < 4.78 is 8.86. The Hall–Kier alpha value is -1.82. The maximum Gasteiger partial charge on any atom is 0.404 e. The van der Waals surface area contributed by atoms with Crippen LogP contribution in [0.25, 0.3) is 0 Å². The van der Waals surface area contributed by atoms with Gasteiger partial charge in [0.25, 0.3) is 0 Å². The Bertz CT molecular complexity index is 446. The Morgan fingerprint density at radius 2 is 1.38 bits per heavy atom. The zero-order valence-corrected chi connectivity index (χ0v) is 13.1. The molecule has 0 aliphatic rings. The molecule has 138 valence electrons. The molecule has 0 saturated heterocycles. The number of aliphatic hydroxyl groups is 6. The molecule has 10 nitrogen and oxygen atoms in total. The van der Waals surface area contributed by atoms with E-state index >= 15 is 0 Å². The summed E-state index contributed by atoms with van der Waals surface area (Å²) in [7, 11) is 0. The number of carbonyl (C=O) groups is 2. The second-order valence-corrected chi connectivity index (χ2v) is 4.65. The molecule has 0 aromatic carbocycles. The zero-order chi connectivity index (χ0) is 18.9. The molecular weight excluding hydrogens is 328 g/mol. The summed E-state index contributed by atoms with van der Waals surface area (Å²) in [5, 5.41) is 57.3.